The fourth-order valence-electron chi connectivity index (χ4n) is 2.86. The van der Waals surface area contributed by atoms with Crippen molar-refractivity contribution < 1.29 is 17.9 Å². The second-order valence-corrected chi connectivity index (χ2v) is 7.31. The van der Waals surface area contributed by atoms with E-state index < -0.39 is 9.84 Å². The molecule has 3 rings (SSSR count). The zero-order valence-corrected chi connectivity index (χ0v) is 12.3. The van der Waals surface area contributed by atoms with Gasteiger partial charge < -0.3 is 14.8 Å². The summed E-state index contributed by atoms with van der Waals surface area (Å²) in [7, 11) is -3.27. The second-order valence-electron chi connectivity index (χ2n) is 5.33. The molecule has 1 N–H and O–H groups in total. The molecule has 2 aliphatic rings. The minimum absolute atomic E-state index is 0.261. The number of fused-ring (bicyclic) bond motifs is 1. The van der Waals surface area contributed by atoms with Crippen LogP contribution in [0, 0.1) is 0 Å². The largest absolute Gasteiger partial charge is 0.486 e. The molecular formula is C14H19NO4S. The van der Waals surface area contributed by atoms with Gasteiger partial charge in [-0.1, -0.05) is 0 Å². The first kappa shape index (κ1) is 13.7. The predicted molar refractivity (Wildman–Crippen MR) is 75.4 cm³/mol. The number of sulfone groups is 1. The maximum atomic E-state index is 12.1. The Labute approximate surface area is 119 Å². The van der Waals surface area contributed by atoms with Crippen LogP contribution in [0.5, 0.6) is 11.5 Å². The highest BCUT2D eigenvalue weighted by Crippen LogP contribution is 2.40. The van der Waals surface area contributed by atoms with Crippen molar-refractivity contribution in [3.63, 3.8) is 0 Å². The maximum Gasteiger partial charge on any atom is 0.175 e. The third-order valence-electron chi connectivity index (χ3n) is 3.85. The summed E-state index contributed by atoms with van der Waals surface area (Å²) in [5.74, 6) is 1.46. The van der Waals surface area contributed by atoms with E-state index in [9.17, 15) is 8.42 Å². The van der Waals surface area contributed by atoms with Crippen molar-refractivity contribution in [2.45, 2.75) is 23.7 Å². The van der Waals surface area contributed by atoms with Gasteiger partial charge in [0.2, 0.25) is 0 Å². The van der Waals surface area contributed by atoms with Gasteiger partial charge in [-0.25, -0.2) is 8.42 Å². The summed E-state index contributed by atoms with van der Waals surface area (Å²) < 4.78 is 35.2. The molecule has 0 unspecified atom stereocenters. The molecule has 0 atom stereocenters. The lowest BCUT2D eigenvalue weighted by Gasteiger charge is -2.27. The van der Waals surface area contributed by atoms with E-state index in [0.717, 1.165) is 31.5 Å². The van der Waals surface area contributed by atoms with Crippen molar-refractivity contribution in [3.8, 4) is 11.5 Å². The standard InChI is InChI=1S/C14H19NO4S/c1-20(16,17)14-9-13-12(18-6-7-19-13)8-11(14)10-2-4-15-5-3-10/h8-10,15H,2-7H2,1H3. The molecule has 0 amide bonds. The molecular weight excluding hydrogens is 278 g/mol. The van der Waals surface area contributed by atoms with Crippen molar-refractivity contribution >= 4 is 9.84 Å². The average molecular weight is 297 g/mol. The number of hydrogen-bond acceptors (Lipinski definition) is 5. The third kappa shape index (κ3) is 2.62. The fourth-order valence-corrected chi connectivity index (χ4v) is 3.83. The summed E-state index contributed by atoms with van der Waals surface area (Å²) in [6.45, 7) is 2.81. The Bertz CT molecular complexity index is 606. The molecule has 110 valence electrons. The smallest absolute Gasteiger partial charge is 0.175 e. The van der Waals surface area contributed by atoms with E-state index in [-0.39, 0.29) is 5.92 Å². The molecule has 6 heteroatoms. The van der Waals surface area contributed by atoms with Crippen LogP contribution in [0.25, 0.3) is 0 Å². The lowest BCUT2D eigenvalue weighted by molar-refractivity contribution is 0.170. The lowest BCUT2D eigenvalue weighted by atomic mass is 9.90. The molecule has 1 aromatic carbocycles. The highest BCUT2D eigenvalue weighted by Gasteiger charge is 2.26. The maximum absolute atomic E-state index is 12.1. The van der Waals surface area contributed by atoms with Gasteiger partial charge in [0.1, 0.15) is 13.2 Å². The fraction of sp³-hybridized carbons (Fsp3) is 0.571. The topological polar surface area (TPSA) is 64.6 Å². The van der Waals surface area contributed by atoms with Crippen LogP contribution in [-0.2, 0) is 9.84 Å². The van der Waals surface area contributed by atoms with Crippen LogP contribution in [0.2, 0.25) is 0 Å². The van der Waals surface area contributed by atoms with E-state index in [2.05, 4.69) is 5.32 Å². The van der Waals surface area contributed by atoms with Crippen molar-refractivity contribution in [2.24, 2.45) is 0 Å². The Hall–Kier alpha value is -1.27. The van der Waals surface area contributed by atoms with Crippen LogP contribution in [0.15, 0.2) is 17.0 Å². The van der Waals surface area contributed by atoms with Gasteiger partial charge in [0.05, 0.1) is 4.90 Å². The third-order valence-corrected chi connectivity index (χ3v) is 5.01. The number of benzene rings is 1. The molecule has 0 spiro atoms. The van der Waals surface area contributed by atoms with Crippen molar-refractivity contribution in [1.29, 1.82) is 0 Å². The number of nitrogens with one attached hydrogen (secondary N) is 1. The van der Waals surface area contributed by atoms with Gasteiger partial charge >= 0.3 is 0 Å². The average Bonchev–Trinajstić information content (AvgIpc) is 2.46. The number of ether oxygens (including phenoxy) is 2. The van der Waals surface area contributed by atoms with Crippen LogP contribution in [0.1, 0.15) is 24.3 Å². The van der Waals surface area contributed by atoms with E-state index in [0.29, 0.717) is 29.6 Å². The number of rotatable bonds is 2. The van der Waals surface area contributed by atoms with Crippen molar-refractivity contribution in [3.05, 3.63) is 17.7 Å². The zero-order chi connectivity index (χ0) is 14.2. The molecule has 0 aromatic heterocycles. The van der Waals surface area contributed by atoms with Gasteiger partial charge in [0.25, 0.3) is 0 Å². The van der Waals surface area contributed by atoms with Crippen molar-refractivity contribution in [1.82, 2.24) is 5.32 Å². The van der Waals surface area contributed by atoms with Gasteiger partial charge in [-0.2, -0.15) is 0 Å². The van der Waals surface area contributed by atoms with E-state index in [4.69, 9.17) is 9.47 Å². The van der Waals surface area contributed by atoms with Gasteiger partial charge in [0, 0.05) is 12.3 Å². The predicted octanol–water partition coefficient (Wildman–Crippen LogP) is 1.33. The molecule has 0 bridgehead atoms. The van der Waals surface area contributed by atoms with Gasteiger partial charge in [-0.15, -0.1) is 0 Å². The quantitative estimate of drug-likeness (QED) is 0.892. The van der Waals surface area contributed by atoms with Crippen LogP contribution >= 0.6 is 0 Å². The molecule has 20 heavy (non-hydrogen) atoms. The Morgan fingerprint density at radius 1 is 1.10 bits per heavy atom. The summed E-state index contributed by atoms with van der Waals surface area (Å²) in [6.07, 6.45) is 3.15. The Morgan fingerprint density at radius 3 is 2.30 bits per heavy atom. The van der Waals surface area contributed by atoms with Crippen molar-refractivity contribution in [2.75, 3.05) is 32.6 Å². The zero-order valence-electron chi connectivity index (χ0n) is 11.5. The summed E-state index contributed by atoms with van der Waals surface area (Å²) in [5.41, 5.74) is 0.873. The van der Waals surface area contributed by atoms with Gasteiger partial charge in [0.15, 0.2) is 21.3 Å². The Morgan fingerprint density at radius 2 is 1.70 bits per heavy atom. The van der Waals surface area contributed by atoms with Crippen LogP contribution in [-0.4, -0.2) is 41.0 Å². The number of piperidine rings is 1. The van der Waals surface area contributed by atoms with E-state index in [1.54, 1.807) is 6.07 Å². The Kier molecular flexibility index (Phi) is 3.60. The first-order chi connectivity index (χ1) is 9.55. The summed E-state index contributed by atoms with van der Waals surface area (Å²) >= 11 is 0. The highest BCUT2D eigenvalue weighted by molar-refractivity contribution is 7.90. The van der Waals surface area contributed by atoms with Crippen LogP contribution in [0.4, 0.5) is 0 Å². The summed E-state index contributed by atoms with van der Waals surface area (Å²) in [6, 6.07) is 3.49. The molecule has 2 aliphatic heterocycles. The minimum atomic E-state index is -3.27. The van der Waals surface area contributed by atoms with E-state index in [1.807, 2.05) is 6.07 Å². The SMILES string of the molecule is CS(=O)(=O)c1cc2c(cc1C1CCNCC1)OCCO2. The monoisotopic (exact) mass is 297 g/mol. The molecule has 0 saturated carbocycles. The Balaban J connectivity index is 2.09. The molecule has 1 aromatic rings. The highest BCUT2D eigenvalue weighted by atomic mass is 32.2. The van der Waals surface area contributed by atoms with E-state index >= 15 is 0 Å². The molecule has 2 heterocycles. The lowest BCUT2D eigenvalue weighted by Crippen LogP contribution is -2.27. The summed E-state index contributed by atoms with van der Waals surface area (Å²) in [5, 5.41) is 3.30. The molecule has 5 nitrogen and oxygen atoms in total. The molecule has 1 fully saturated rings. The second kappa shape index (κ2) is 5.26. The van der Waals surface area contributed by atoms with Crippen LogP contribution in [0.3, 0.4) is 0 Å². The van der Waals surface area contributed by atoms with E-state index in [1.165, 1.54) is 6.26 Å². The van der Waals surface area contributed by atoms with Gasteiger partial charge in [-0.05, 0) is 43.5 Å². The summed E-state index contributed by atoms with van der Waals surface area (Å²) in [4.78, 5) is 0.383. The molecule has 0 radical (unpaired) electrons. The molecule has 1 saturated heterocycles. The van der Waals surface area contributed by atoms with Gasteiger partial charge in [-0.3, -0.25) is 0 Å². The normalized spacial score (nSPS) is 19.9. The minimum Gasteiger partial charge on any atom is -0.486 e. The number of hydrogen-bond donors (Lipinski definition) is 1. The first-order valence-corrected chi connectivity index (χ1v) is 8.79. The van der Waals surface area contributed by atoms with Crippen LogP contribution < -0.4 is 14.8 Å². The first-order valence-electron chi connectivity index (χ1n) is 6.90. The molecule has 0 aliphatic carbocycles.